The molecule has 3 atom stereocenters. The number of aromatic nitrogens is 2. The molecule has 1 aromatic carbocycles. The van der Waals surface area contributed by atoms with Crippen LogP contribution in [0.5, 0.6) is 5.75 Å². The van der Waals surface area contributed by atoms with Crippen LogP contribution in [0.15, 0.2) is 36.7 Å². The quantitative estimate of drug-likeness (QED) is 0.203. The van der Waals surface area contributed by atoms with Crippen molar-refractivity contribution >= 4 is 48.4 Å². The first-order valence-corrected chi connectivity index (χ1v) is 15.9. The molecule has 3 aromatic rings. The van der Waals surface area contributed by atoms with Gasteiger partial charge in [-0.1, -0.05) is 0 Å². The van der Waals surface area contributed by atoms with Gasteiger partial charge in [-0.25, -0.2) is 0 Å². The van der Waals surface area contributed by atoms with Crippen LogP contribution >= 0.6 is 0 Å². The third-order valence-corrected chi connectivity index (χ3v) is 9.80. The first-order valence-electron chi connectivity index (χ1n) is 14.2. The third-order valence-electron chi connectivity index (χ3n) is 8.04. The molecule has 2 aromatic heterocycles. The van der Waals surface area contributed by atoms with Gasteiger partial charge in [-0.2, -0.15) is 0 Å². The minimum absolute atomic E-state index is 0.00264. The number of amides is 2. The minimum atomic E-state index is -4.39. The van der Waals surface area contributed by atoms with E-state index in [9.17, 15) is 22.8 Å². The number of anilines is 2. The third kappa shape index (κ3) is 6.90. The molecule has 0 radical (unpaired) electrons. The second-order valence-corrected chi connectivity index (χ2v) is 12.8. The van der Waals surface area contributed by atoms with Crippen LogP contribution in [0, 0.1) is 11.8 Å². The zero-order chi connectivity index (χ0) is 31.4. The summed E-state index contributed by atoms with van der Waals surface area (Å²) in [6, 6.07) is 7.05. The van der Waals surface area contributed by atoms with Crippen LogP contribution in [0.4, 0.5) is 24.7 Å². The summed E-state index contributed by atoms with van der Waals surface area (Å²) in [6.45, 7) is 0.425. The summed E-state index contributed by atoms with van der Waals surface area (Å²) >= 11 is -1.85. The summed E-state index contributed by atoms with van der Waals surface area (Å²) in [6.07, 6.45) is 6.79. The van der Waals surface area contributed by atoms with Crippen molar-refractivity contribution in [2.75, 3.05) is 44.9 Å². The maximum absolute atomic E-state index is 13.7. The molecule has 2 aliphatic heterocycles. The first-order chi connectivity index (χ1) is 21.1. The van der Waals surface area contributed by atoms with Crippen LogP contribution in [0.2, 0.25) is 0 Å². The number of methoxy groups -OCH3 is 1. The molecule has 4 N–H and O–H groups in total. The van der Waals surface area contributed by atoms with Gasteiger partial charge in [-0.05, 0) is 0 Å². The number of likely N-dealkylation sites (N-methyl/N-ethyl adjacent to an activating group) is 1. The standard InChI is InChI=1S/C30H34F3N7O3Se/c1-34-26(41)17-40-20-7-9-21(23(40)10-8-20)38-27-24-16-19(29(44-30(31,32)33)39(24)14-13-37-27)5-4-12-36-22-15-18(28(42)35-2)6-11-25(22)43-3/h6,11,13-16,20-21,23,36H,7-10,12,17H2,1-3H3,(H,34,41)(H,35,42)(H,37,38)/t20-,21-,23-/m1/s1. The molecule has 234 valence electrons. The number of carbonyl (C=O) groups excluding carboxylic acids is 2. The second-order valence-electron chi connectivity index (χ2n) is 10.6. The van der Waals surface area contributed by atoms with Crippen LogP contribution in [0.3, 0.4) is 0 Å². The molecule has 2 amide bonds. The van der Waals surface area contributed by atoms with Crippen molar-refractivity contribution < 1.29 is 27.5 Å². The van der Waals surface area contributed by atoms with Crippen molar-refractivity contribution in [1.29, 1.82) is 0 Å². The Morgan fingerprint density at radius 1 is 1.14 bits per heavy atom. The summed E-state index contributed by atoms with van der Waals surface area (Å²) in [4.78, 5) is 30.9. The average molecular weight is 677 g/mol. The molecular weight excluding hydrogens is 642 g/mol. The van der Waals surface area contributed by atoms with E-state index >= 15 is 0 Å². The van der Waals surface area contributed by atoms with Gasteiger partial charge in [0, 0.05) is 0 Å². The predicted octanol–water partition coefficient (Wildman–Crippen LogP) is 2.17. The summed E-state index contributed by atoms with van der Waals surface area (Å²) in [5.74, 6) is 6.55. The molecule has 2 saturated heterocycles. The monoisotopic (exact) mass is 677 g/mol. The van der Waals surface area contributed by atoms with E-state index in [2.05, 4.69) is 43.0 Å². The number of benzene rings is 1. The Bertz CT molecular complexity index is 1600. The predicted molar refractivity (Wildman–Crippen MR) is 163 cm³/mol. The van der Waals surface area contributed by atoms with Crippen molar-refractivity contribution in [1.82, 2.24) is 24.9 Å². The molecule has 0 spiro atoms. The van der Waals surface area contributed by atoms with E-state index in [0.29, 0.717) is 40.9 Å². The van der Waals surface area contributed by atoms with Gasteiger partial charge in [-0.15, -0.1) is 0 Å². The summed E-state index contributed by atoms with van der Waals surface area (Å²) in [5, 5.41) is 7.48. The molecule has 0 unspecified atom stereocenters. The van der Waals surface area contributed by atoms with Crippen LogP contribution in [0.1, 0.15) is 41.6 Å². The molecule has 2 fully saturated rings. The van der Waals surface area contributed by atoms with Gasteiger partial charge < -0.3 is 0 Å². The Balaban J connectivity index is 1.40. The maximum atomic E-state index is 13.7. The Hall–Kier alpha value is -3.92. The van der Waals surface area contributed by atoms with E-state index in [1.54, 1.807) is 31.3 Å². The van der Waals surface area contributed by atoms with Crippen LogP contribution in [-0.2, 0) is 4.79 Å². The summed E-state index contributed by atoms with van der Waals surface area (Å²) in [5.41, 5.74) is 1.75. The fourth-order valence-electron chi connectivity index (χ4n) is 6.01. The van der Waals surface area contributed by atoms with Gasteiger partial charge in [-0.3, -0.25) is 0 Å². The average Bonchev–Trinajstić information content (AvgIpc) is 3.48. The van der Waals surface area contributed by atoms with Crippen molar-refractivity contribution in [3.63, 3.8) is 0 Å². The number of piperidine rings is 1. The van der Waals surface area contributed by atoms with E-state index in [0.717, 1.165) is 25.7 Å². The van der Waals surface area contributed by atoms with Crippen LogP contribution < -0.4 is 30.6 Å². The van der Waals surface area contributed by atoms with Crippen molar-refractivity contribution in [2.24, 2.45) is 0 Å². The van der Waals surface area contributed by atoms with E-state index < -0.39 is 20.0 Å². The van der Waals surface area contributed by atoms with E-state index in [1.165, 1.54) is 31.0 Å². The molecule has 5 rings (SSSR count). The van der Waals surface area contributed by atoms with Gasteiger partial charge >= 0.3 is 260 Å². The number of hydrogen-bond donors (Lipinski definition) is 4. The molecule has 14 heteroatoms. The van der Waals surface area contributed by atoms with Crippen LogP contribution in [-0.4, -0.2) is 98.6 Å². The zero-order valence-electron chi connectivity index (χ0n) is 24.5. The molecule has 0 aliphatic carbocycles. The van der Waals surface area contributed by atoms with E-state index in [4.69, 9.17) is 4.74 Å². The summed E-state index contributed by atoms with van der Waals surface area (Å²) < 4.78 is 48.2. The molecular formula is C30H34F3N7O3Se. The van der Waals surface area contributed by atoms with E-state index in [-0.39, 0.29) is 40.6 Å². The fourth-order valence-corrected chi connectivity index (χ4v) is 7.47. The molecule has 4 heterocycles. The number of carbonyl (C=O) groups is 2. The molecule has 0 saturated carbocycles. The fraction of sp³-hybridized carbons (Fsp3) is 0.433. The van der Waals surface area contributed by atoms with Crippen molar-refractivity contribution in [3.05, 3.63) is 47.8 Å². The Morgan fingerprint density at radius 3 is 2.66 bits per heavy atom. The number of hydrogen-bond acceptors (Lipinski definition) is 7. The second kappa shape index (κ2) is 13.4. The number of ether oxygens (including phenoxy) is 1. The number of nitrogens with one attached hydrogen (secondary N) is 4. The molecule has 2 aliphatic rings. The number of halogens is 3. The first kappa shape index (κ1) is 31.5. The molecule has 2 bridgehead atoms. The number of alkyl halides is 3. The Morgan fingerprint density at radius 2 is 1.93 bits per heavy atom. The van der Waals surface area contributed by atoms with E-state index in [1.807, 2.05) is 0 Å². The van der Waals surface area contributed by atoms with Gasteiger partial charge in [0.15, 0.2) is 0 Å². The van der Waals surface area contributed by atoms with Crippen molar-refractivity contribution in [2.45, 2.75) is 48.9 Å². The Labute approximate surface area is 259 Å². The zero-order valence-corrected chi connectivity index (χ0v) is 26.3. The number of rotatable bonds is 9. The summed E-state index contributed by atoms with van der Waals surface area (Å²) in [7, 11) is 4.66. The topological polar surface area (TPSA) is 112 Å². The van der Waals surface area contributed by atoms with Gasteiger partial charge in [0.1, 0.15) is 0 Å². The number of nitrogens with zero attached hydrogens (tertiary/aromatic N) is 3. The van der Waals surface area contributed by atoms with Crippen molar-refractivity contribution in [3.8, 4) is 17.6 Å². The normalized spacial score (nSPS) is 19.6. The van der Waals surface area contributed by atoms with Gasteiger partial charge in [0.25, 0.3) is 0 Å². The van der Waals surface area contributed by atoms with Crippen LogP contribution in [0.25, 0.3) is 5.52 Å². The molecule has 44 heavy (non-hydrogen) atoms. The Kier molecular flexibility index (Phi) is 9.58. The molecule has 10 nitrogen and oxygen atoms in total. The van der Waals surface area contributed by atoms with Gasteiger partial charge in [0.05, 0.1) is 0 Å². The van der Waals surface area contributed by atoms with Gasteiger partial charge in [0.2, 0.25) is 0 Å². The SMILES string of the molecule is CNC(=O)CN1[C@H]2CC[C@@H]1[C@H](Nc1nccn3c([Se]C(F)(F)F)c(C#CCNc4cc(C(=O)NC)ccc4OC)cc13)CC2. The number of fused-ring (bicyclic) bond motifs is 3.